The summed E-state index contributed by atoms with van der Waals surface area (Å²) in [6, 6.07) is 15.1. The van der Waals surface area contributed by atoms with E-state index in [1.54, 1.807) is 12.0 Å². The Morgan fingerprint density at radius 2 is 1.83 bits per heavy atom. The predicted molar refractivity (Wildman–Crippen MR) is 99.1 cm³/mol. The number of ether oxygens (including phenoxy) is 1. The largest absolute Gasteiger partial charge is 0.497 e. The van der Waals surface area contributed by atoms with Gasteiger partial charge >= 0.3 is 0 Å². The average Bonchev–Trinajstić information content (AvgIpc) is 2.60. The number of nitrogens with one attached hydrogen (secondary N) is 1. The number of rotatable bonds is 7. The maximum atomic E-state index is 12.8. The molecule has 2 rings (SSSR count). The van der Waals surface area contributed by atoms with Crippen molar-refractivity contribution in [2.75, 3.05) is 25.5 Å². The molecule has 0 aliphatic carbocycles. The molecule has 0 spiro atoms. The Morgan fingerprint density at radius 1 is 1.17 bits per heavy atom. The fraction of sp³-hybridized carbons (Fsp3) is 0.250. The van der Waals surface area contributed by atoms with Crippen LogP contribution >= 0.6 is 0 Å². The lowest BCUT2D eigenvalue weighted by atomic mass is 10.1. The molecule has 0 saturated heterocycles. The Bertz CT molecular complexity index is 708. The lowest BCUT2D eigenvalue weighted by Gasteiger charge is -2.22. The number of carbonyl (C=O) groups is 1. The van der Waals surface area contributed by atoms with E-state index in [0.717, 1.165) is 22.7 Å². The van der Waals surface area contributed by atoms with E-state index in [9.17, 15) is 4.79 Å². The summed E-state index contributed by atoms with van der Waals surface area (Å²) in [5.41, 5.74) is 3.30. The monoisotopic (exact) mass is 324 g/mol. The van der Waals surface area contributed by atoms with E-state index in [1.165, 1.54) is 0 Å². The smallest absolute Gasteiger partial charge is 0.256 e. The van der Waals surface area contributed by atoms with E-state index in [4.69, 9.17) is 4.74 Å². The zero-order valence-corrected chi connectivity index (χ0v) is 14.5. The van der Waals surface area contributed by atoms with Crippen LogP contribution in [-0.2, 0) is 0 Å². The number of anilines is 2. The maximum Gasteiger partial charge on any atom is 0.256 e. The van der Waals surface area contributed by atoms with Crippen LogP contribution < -0.4 is 10.1 Å². The van der Waals surface area contributed by atoms with Crippen molar-refractivity contribution in [1.29, 1.82) is 0 Å². The second-order valence-corrected chi connectivity index (χ2v) is 5.68. The van der Waals surface area contributed by atoms with Crippen molar-refractivity contribution in [2.45, 2.75) is 13.8 Å². The third-order valence-corrected chi connectivity index (χ3v) is 3.66. The van der Waals surface area contributed by atoms with E-state index in [2.05, 4.69) is 11.9 Å². The molecule has 0 unspecified atom stereocenters. The molecule has 0 heterocycles. The summed E-state index contributed by atoms with van der Waals surface area (Å²) in [5.74, 6) is 0.792. The molecule has 24 heavy (non-hydrogen) atoms. The second-order valence-electron chi connectivity index (χ2n) is 5.68. The van der Waals surface area contributed by atoms with Gasteiger partial charge in [-0.2, -0.15) is 0 Å². The highest BCUT2D eigenvalue weighted by atomic mass is 16.5. The van der Waals surface area contributed by atoms with Crippen molar-refractivity contribution in [3.05, 3.63) is 66.2 Å². The van der Waals surface area contributed by atoms with Crippen LogP contribution in [0, 0.1) is 0 Å². The van der Waals surface area contributed by atoms with Gasteiger partial charge in [-0.1, -0.05) is 24.3 Å². The van der Waals surface area contributed by atoms with Gasteiger partial charge in [-0.15, -0.1) is 0 Å². The molecule has 0 aromatic heterocycles. The minimum Gasteiger partial charge on any atom is -0.497 e. The van der Waals surface area contributed by atoms with E-state index in [-0.39, 0.29) is 5.91 Å². The second kappa shape index (κ2) is 8.20. The van der Waals surface area contributed by atoms with E-state index in [0.29, 0.717) is 18.7 Å². The maximum absolute atomic E-state index is 12.8. The SMILES string of the molecule is C=C(C)CN(CC)C(=O)c1ccccc1Nc1ccc(OC)cc1. The topological polar surface area (TPSA) is 41.6 Å². The number of amides is 1. The Morgan fingerprint density at radius 3 is 2.42 bits per heavy atom. The third kappa shape index (κ3) is 4.38. The minimum atomic E-state index is -0.00267. The van der Waals surface area contributed by atoms with Gasteiger partial charge in [0.25, 0.3) is 5.91 Å². The Labute approximate surface area is 143 Å². The van der Waals surface area contributed by atoms with Crippen LogP contribution in [0.2, 0.25) is 0 Å². The highest BCUT2D eigenvalue weighted by Gasteiger charge is 2.17. The van der Waals surface area contributed by atoms with Gasteiger partial charge < -0.3 is 15.0 Å². The minimum absolute atomic E-state index is 0.00267. The molecule has 0 atom stereocenters. The predicted octanol–water partition coefficient (Wildman–Crippen LogP) is 4.48. The molecule has 0 aliphatic rings. The van der Waals surface area contributed by atoms with Crippen LogP contribution in [0.15, 0.2) is 60.7 Å². The van der Waals surface area contributed by atoms with E-state index < -0.39 is 0 Å². The molecule has 2 aromatic carbocycles. The molecule has 0 fully saturated rings. The van der Waals surface area contributed by atoms with Crippen LogP contribution in [0.3, 0.4) is 0 Å². The zero-order valence-electron chi connectivity index (χ0n) is 14.5. The molecule has 2 aromatic rings. The number of hydrogen-bond acceptors (Lipinski definition) is 3. The summed E-state index contributed by atoms with van der Waals surface area (Å²) >= 11 is 0. The first-order chi connectivity index (χ1) is 11.5. The van der Waals surface area contributed by atoms with Gasteiger partial charge in [0, 0.05) is 18.8 Å². The molecular weight excluding hydrogens is 300 g/mol. The van der Waals surface area contributed by atoms with Crippen molar-refractivity contribution in [1.82, 2.24) is 4.90 Å². The Balaban J connectivity index is 2.25. The van der Waals surface area contributed by atoms with Crippen LogP contribution in [0.25, 0.3) is 0 Å². The number of likely N-dealkylation sites (N-methyl/N-ethyl adjacent to an activating group) is 1. The van der Waals surface area contributed by atoms with Crippen molar-refractivity contribution in [3.63, 3.8) is 0 Å². The summed E-state index contributed by atoms with van der Waals surface area (Å²) in [4.78, 5) is 14.6. The number of benzene rings is 2. The van der Waals surface area contributed by atoms with Gasteiger partial charge in [-0.25, -0.2) is 0 Å². The first-order valence-corrected chi connectivity index (χ1v) is 7.99. The van der Waals surface area contributed by atoms with Gasteiger partial charge in [0.15, 0.2) is 0 Å². The Hall–Kier alpha value is -2.75. The van der Waals surface area contributed by atoms with Crippen LogP contribution in [0.1, 0.15) is 24.2 Å². The normalized spacial score (nSPS) is 10.1. The first-order valence-electron chi connectivity index (χ1n) is 7.99. The van der Waals surface area contributed by atoms with Gasteiger partial charge in [-0.05, 0) is 50.2 Å². The number of carbonyl (C=O) groups excluding carboxylic acids is 1. The zero-order chi connectivity index (χ0) is 17.5. The quantitative estimate of drug-likeness (QED) is 0.764. The van der Waals surface area contributed by atoms with Crippen molar-refractivity contribution < 1.29 is 9.53 Å². The van der Waals surface area contributed by atoms with Crippen molar-refractivity contribution in [3.8, 4) is 5.75 Å². The van der Waals surface area contributed by atoms with Crippen molar-refractivity contribution in [2.24, 2.45) is 0 Å². The molecular formula is C20H24N2O2. The summed E-state index contributed by atoms with van der Waals surface area (Å²) in [7, 11) is 1.64. The molecule has 4 heteroatoms. The van der Waals surface area contributed by atoms with Crippen LogP contribution in [0.5, 0.6) is 5.75 Å². The van der Waals surface area contributed by atoms with Gasteiger partial charge in [0.1, 0.15) is 5.75 Å². The molecule has 1 amide bonds. The number of methoxy groups -OCH3 is 1. The summed E-state index contributed by atoms with van der Waals surface area (Å²) in [6.45, 7) is 9.01. The Kier molecular flexibility index (Phi) is 6.01. The number of hydrogen-bond donors (Lipinski definition) is 1. The van der Waals surface area contributed by atoms with Gasteiger partial charge in [0.05, 0.1) is 18.4 Å². The standard InChI is InChI=1S/C20H24N2O2/c1-5-22(14-15(2)3)20(23)18-8-6-7-9-19(18)21-16-10-12-17(24-4)13-11-16/h6-13,21H,2,5,14H2,1,3-4H3. The molecule has 0 bridgehead atoms. The van der Waals surface area contributed by atoms with E-state index in [1.807, 2.05) is 62.4 Å². The molecule has 126 valence electrons. The molecule has 1 N–H and O–H groups in total. The fourth-order valence-electron chi connectivity index (χ4n) is 2.43. The molecule has 0 saturated carbocycles. The summed E-state index contributed by atoms with van der Waals surface area (Å²) < 4.78 is 5.17. The number of para-hydroxylation sites is 1. The van der Waals surface area contributed by atoms with E-state index >= 15 is 0 Å². The lowest BCUT2D eigenvalue weighted by Crippen LogP contribution is -2.32. The first kappa shape index (κ1) is 17.6. The highest BCUT2D eigenvalue weighted by Crippen LogP contribution is 2.24. The molecule has 0 aliphatic heterocycles. The van der Waals surface area contributed by atoms with Crippen LogP contribution in [-0.4, -0.2) is 31.0 Å². The average molecular weight is 324 g/mol. The van der Waals surface area contributed by atoms with Gasteiger partial charge in [-0.3, -0.25) is 4.79 Å². The lowest BCUT2D eigenvalue weighted by molar-refractivity contribution is 0.0779. The van der Waals surface area contributed by atoms with Crippen molar-refractivity contribution >= 4 is 17.3 Å². The molecule has 4 nitrogen and oxygen atoms in total. The highest BCUT2D eigenvalue weighted by molar-refractivity contribution is 6.00. The fourth-order valence-corrected chi connectivity index (χ4v) is 2.43. The molecule has 0 radical (unpaired) electrons. The summed E-state index contributed by atoms with van der Waals surface area (Å²) in [5, 5.41) is 3.31. The number of nitrogens with zero attached hydrogens (tertiary/aromatic N) is 1. The van der Waals surface area contributed by atoms with Crippen LogP contribution in [0.4, 0.5) is 11.4 Å². The van der Waals surface area contributed by atoms with Gasteiger partial charge in [0.2, 0.25) is 0 Å². The third-order valence-electron chi connectivity index (χ3n) is 3.66. The summed E-state index contributed by atoms with van der Waals surface area (Å²) in [6.07, 6.45) is 0.